The highest BCUT2D eigenvalue weighted by molar-refractivity contribution is 7.22. The van der Waals surface area contributed by atoms with Crippen molar-refractivity contribution in [1.29, 1.82) is 0 Å². The predicted octanol–water partition coefficient (Wildman–Crippen LogP) is 1.24. The van der Waals surface area contributed by atoms with E-state index in [0.717, 1.165) is 18.2 Å². The lowest BCUT2D eigenvalue weighted by Crippen LogP contribution is -2.09. The SMILES string of the molecule is O=C(O)[C@@H]1CCC=C1P. The first-order valence-corrected chi connectivity index (χ1v) is 3.48. The number of carbonyl (C=O) groups is 1. The molecule has 0 amide bonds. The highest BCUT2D eigenvalue weighted by Gasteiger charge is 2.22. The van der Waals surface area contributed by atoms with Crippen molar-refractivity contribution in [2.45, 2.75) is 12.8 Å². The first-order valence-electron chi connectivity index (χ1n) is 2.90. The van der Waals surface area contributed by atoms with Crippen LogP contribution in [0, 0.1) is 5.92 Å². The Bertz CT molecular complexity index is 162. The van der Waals surface area contributed by atoms with Crippen LogP contribution in [-0.4, -0.2) is 11.1 Å². The van der Waals surface area contributed by atoms with Gasteiger partial charge in [0.2, 0.25) is 0 Å². The molecule has 9 heavy (non-hydrogen) atoms. The number of aliphatic carboxylic acids is 1. The third-order valence-electron chi connectivity index (χ3n) is 1.54. The molecule has 1 rings (SSSR count). The molecule has 0 fully saturated rings. The Balaban J connectivity index is 2.63. The van der Waals surface area contributed by atoms with Crippen LogP contribution in [0.1, 0.15) is 12.8 Å². The molecule has 2 atom stereocenters. The number of allylic oxidation sites excluding steroid dienone is 1. The van der Waals surface area contributed by atoms with Crippen LogP contribution in [0.2, 0.25) is 0 Å². The monoisotopic (exact) mass is 144 g/mol. The van der Waals surface area contributed by atoms with Crippen LogP contribution in [0.15, 0.2) is 11.4 Å². The molecule has 0 heterocycles. The lowest BCUT2D eigenvalue weighted by molar-refractivity contribution is -0.140. The van der Waals surface area contributed by atoms with Crippen LogP contribution in [0.3, 0.4) is 0 Å². The van der Waals surface area contributed by atoms with E-state index in [9.17, 15) is 4.79 Å². The zero-order valence-electron chi connectivity index (χ0n) is 5.00. The molecule has 2 nitrogen and oxygen atoms in total. The van der Waals surface area contributed by atoms with Gasteiger partial charge in [-0.25, -0.2) is 0 Å². The van der Waals surface area contributed by atoms with E-state index in [0.29, 0.717) is 0 Å². The van der Waals surface area contributed by atoms with Gasteiger partial charge in [0.1, 0.15) is 0 Å². The summed E-state index contributed by atoms with van der Waals surface area (Å²) in [5.74, 6) is -0.927. The Hall–Kier alpha value is -0.360. The van der Waals surface area contributed by atoms with Gasteiger partial charge in [0.25, 0.3) is 0 Å². The molecule has 1 aliphatic rings. The minimum atomic E-state index is -0.700. The van der Waals surface area contributed by atoms with Crippen molar-refractivity contribution < 1.29 is 9.90 Å². The van der Waals surface area contributed by atoms with Crippen molar-refractivity contribution in [3.63, 3.8) is 0 Å². The Labute approximate surface area is 56.2 Å². The molecule has 1 N–H and O–H groups in total. The fourth-order valence-electron chi connectivity index (χ4n) is 0.992. The van der Waals surface area contributed by atoms with Gasteiger partial charge < -0.3 is 5.11 Å². The molecule has 0 saturated carbocycles. The van der Waals surface area contributed by atoms with Crippen LogP contribution in [0.25, 0.3) is 0 Å². The summed E-state index contributed by atoms with van der Waals surface area (Å²) < 4.78 is 0. The van der Waals surface area contributed by atoms with Crippen molar-refractivity contribution in [3.05, 3.63) is 11.4 Å². The van der Waals surface area contributed by atoms with E-state index in [1.165, 1.54) is 0 Å². The molecule has 0 spiro atoms. The van der Waals surface area contributed by atoms with Gasteiger partial charge >= 0.3 is 5.97 Å². The maximum Gasteiger partial charge on any atom is 0.310 e. The number of hydrogen-bond acceptors (Lipinski definition) is 1. The summed E-state index contributed by atoms with van der Waals surface area (Å²) in [5.41, 5.74) is 0. The van der Waals surface area contributed by atoms with Crippen LogP contribution in [0.4, 0.5) is 0 Å². The highest BCUT2D eigenvalue weighted by Crippen LogP contribution is 2.30. The molecule has 0 saturated heterocycles. The minimum Gasteiger partial charge on any atom is -0.481 e. The predicted molar refractivity (Wildman–Crippen MR) is 38.2 cm³/mol. The Morgan fingerprint density at radius 1 is 1.89 bits per heavy atom. The summed E-state index contributed by atoms with van der Waals surface area (Å²) in [7, 11) is 2.46. The van der Waals surface area contributed by atoms with Gasteiger partial charge in [0, 0.05) is 0 Å². The van der Waals surface area contributed by atoms with E-state index in [1.807, 2.05) is 6.08 Å². The molecule has 0 bridgehead atoms. The van der Waals surface area contributed by atoms with Crippen molar-refractivity contribution in [1.82, 2.24) is 0 Å². The molecule has 1 aliphatic carbocycles. The van der Waals surface area contributed by atoms with Crippen LogP contribution in [-0.2, 0) is 4.79 Å². The van der Waals surface area contributed by atoms with E-state index in [1.54, 1.807) is 0 Å². The van der Waals surface area contributed by atoms with E-state index >= 15 is 0 Å². The van der Waals surface area contributed by atoms with Gasteiger partial charge in [-0.05, 0) is 18.2 Å². The lowest BCUT2D eigenvalue weighted by Gasteiger charge is -2.02. The summed E-state index contributed by atoms with van der Waals surface area (Å²) in [5, 5.41) is 9.46. The first kappa shape index (κ1) is 6.76. The second kappa shape index (κ2) is 2.49. The van der Waals surface area contributed by atoms with Crippen molar-refractivity contribution in [2.75, 3.05) is 0 Å². The van der Waals surface area contributed by atoms with Crippen molar-refractivity contribution in [3.8, 4) is 0 Å². The third-order valence-corrected chi connectivity index (χ3v) is 2.17. The minimum absolute atomic E-state index is 0.227. The highest BCUT2D eigenvalue weighted by atomic mass is 31.0. The average Bonchev–Trinajstić information content (AvgIpc) is 2.13. The molecular weight excluding hydrogens is 135 g/mol. The number of hydrogen-bond donors (Lipinski definition) is 1. The zero-order valence-corrected chi connectivity index (χ0v) is 6.16. The fourth-order valence-corrected chi connectivity index (χ4v) is 1.47. The van der Waals surface area contributed by atoms with Gasteiger partial charge in [0.05, 0.1) is 5.92 Å². The molecule has 0 aromatic rings. The molecule has 0 aliphatic heterocycles. The quantitative estimate of drug-likeness (QED) is 0.562. The van der Waals surface area contributed by atoms with E-state index in [4.69, 9.17) is 5.11 Å². The van der Waals surface area contributed by atoms with Crippen molar-refractivity contribution in [2.24, 2.45) is 5.92 Å². The molecule has 0 aromatic heterocycles. The molecule has 3 heteroatoms. The van der Waals surface area contributed by atoms with Gasteiger partial charge in [-0.3, -0.25) is 4.79 Å². The first-order chi connectivity index (χ1) is 4.22. The third kappa shape index (κ3) is 1.31. The summed E-state index contributed by atoms with van der Waals surface area (Å²) in [6.07, 6.45) is 3.65. The molecule has 50 valence electrons. The molecular formula is C6H9O2P. The largest absolute Gasteiger partial charge is 0.481 e. The van der Waals surface area contributed by atoms with E-state index < -0.39 is 5.97 Å². The summed E-state index contributed by atoms with van der Waals surface area (Å²) in [6.45, 7) is 0. The maximum atomic E-state index is 10.4. The number of carboxylic acids is 1. The van der Waals surface area contributed by atoms with Crippen LogP contribution < -0.4 is 0 Å². The Morgan fingerprint density at radius 2 is 2.56 bits per heavy atom. The average molecular weight is 144 g/mol. The second-order valence-corrected chi connectivity index (χ2v) is 2.84. The van der Waals surface area contributed by atoms with Crippen LogP contribution in [0.5, 0.6) is 0 Å². The number of carboxylic acid groups (broad SMARTS) is 1. The second-order valence-electron chi connectivity index (χ2n) is 2.17. The summed E-state index contributed by atoms with van der Waals surface area (Å²) in [6, 6.07) is 0. The van der Waals surface area contributed by atoms with Gasteiger partial charge in [-0.2, -0.15) is 0 Å². The normalized spacial score (nSPS) is 25.9. The van der Waals surface area contributed by atoms with Crippen molar-refractivity contribution >= 4 is 15.2 Å². The van der Waals surface area contributed by atoms with Gasteiger partial charge in [-0.1, -0.05) is 6.08 Å². The van der Waals surface area contributed by atoms with Crippen LogP contribution >= 0.6 is 9.24 Å². The maximum absolute atomic E-state index is 10.4. The Kier molecular flexibility index (Phi) is 1.87. The topological polar surface area (TPSA) is 37.3 Å². The molecule has 1 unspecified atom stereocenters. The zero-order chi connectivity index (χ0) is 6.85. The molecule has 0 aromatic carbocycles. The smallest absolute Gasteiger partial charge is 0.310 e. The van der Waals surface area contributed by atoms with Gasteiger partial charge in [-0.15, -0.1) is 9.24 Å². The lowest BCUT2D eigenvalue weighted by atomic mass is 10.1. The summed E-state index contributed by atoms with van der Waals surface area (Å²) in [4.78, 5) is 10.4. The number of rotatable bonds is 1. The van der Waals surface area contributed by atoms with Gasteiger partial charge in [0.15, 0.2) is 0 Å². The summed E-state index contributed by atoms with van der Waals surface area (Å²) >= 11 is 0. The van der Waals surface area contributed by atoms with E-state index in [2.05, 4.69) is 9.24 Å². The Morgan fingerprint density at radius 3 is 2.78 bits per heavy atom. The fraction of sp³-hybridized carbons (Fsp3) is 0.500. The molecule has 0 radical (unpaired) electrons. The van der Waals surface area contributed by atoms with E-state index in [-0.39, 0.29) is 5.92 Å². The standard InChI is InChI=1S/C6H9O2P/c7-6(8)4-2-1-3-5(4)9/h3-4H,1-2,9H2,(H,7,8)/t4-/m1/s1.